The maximum absolute atomic E-state index is 12.0. The van der Waals surface area contributed by atoms with E-state index in [-0.39, 0.29) is 24.2 Å². The van der Waals surface area contributed by atoms with Crippen molar-refractivity contribution < 1.29 is 27.5 Å². The highest BCUT2D eigenvalue weighted by molar-refractivity contribution is 7.91. The fraction of sp³-hybridized carbons (Fsp3) is 0.467. The smallest absolute Gasteiger partial charge is 0.344 e. The summed E-state index contributed by atoms with van der Waals surface area (Å²) < 4.78 is 32.9. The lowest BCUT2D eigenvalue weighted by Gasteiger charge is -2.23. The quantitative estimate of drug-likeness (QED) is 0.686. The summed E-state index contributed by atoms with van der Waals surface area (Å²) in [6, 6.07) is 6.09. The highest BCUT2D eigenvalue weighted by atomic mass is 35.5. The second-order valence-electron chi connectivity index (χ2n) is 5.46. The fourth-order valence-corrected chi connectivity index (χ4v) is 4.14. The topological polar surface area (TPSA) is 90.0 Å². The van der Waals surface area contributed by atoms with Gasteiger partial charge < -0.3 is 14.4 Å². The number of carbonyl (C=O) groups excluding carboxylic acids is 2. The zero-order valence-electron chi connectivity index (χ0n) is 13.1. The minimum Gasteiger partial charge on any atom is -0.482 e. The molecular formula is C15H18ClNO6S. The number of hydrogen-bond donors (Lipinski definition) is 0. The molecule has 1 aliphatic rings. The molecule has 9 heteroatoms. The van der Waals surface area contributed by atoms with Gasteiger partial charge in [-0.2, -0.15) is 0 Å². The summed E-state index contributed by atoms with van der Waals surface area (Å²) in [5.41, 5.74) is 0. The molecule has 1 saturated heterocycles. The summed E-state index contributed by atoms with van der Waals surface area (Å²) in [5.74, 6) is -0.661. The normalized spacial score (nSPS) is 18.8. The van der Waals surface area contributed by atoms with Crippen LogP contribution in [0.25, 0.3) is 0 Å². The molecule has 1 aromatic rings. The lowest BCUT2D eigenvalue weighted by atomic mass is 10.2. The first-order valence-electron chi connectivity index (χ1n) is 7.27. The molecule has 0 unspecified atom stereocenters. The zero-order valence-corrected chi connectivity index (χ0v) is 14.7. The molecule has 0 spiro atoms. The van der Waals surface area contributed by atoms with Crippen molar-refractivity contribution >= 4 is 33.3 Å². The van der Waals surface area contributed by atoms with E-state index >= 15 is 0 Å². The number of rotatable bonds is 6. The van der Waals surface area contributed by atoms with Crippen LogP contribution in [0.4, 0.5) is 0 Å². The number of nitrogens with zero attached hydrogens (tertiary/aromatic N) is 1. The molecule has 0 aromatic heterocycles. The van der Waals surface area contributed by atoms with E-state index in [1.165, 1.54) is 11.9 Å². The molecule has 0 bridgehead atoms. The molecule has 0 aliphatic carbocycles. The molecule has 1 aliphatic heterocycles. The Morgan fingerprint density at radius 2 is 1.92 bits per heavy atom. The third kappa shape index (κ3) is 5.38. The molecule has 132 valence electrons. The van der Waals surface area contributed by atoms with Crippen LogP contribution < -0.4 is 4.74 Å². The molecule has 2 rings (SSSR count). The molecule has 1 atom stereocenters. The Bertz CT molecular complexity index is 703. The van der Waals surface area contributed by atoms with E-state index in [0.717, 1.165) is 0 Å². The van der Waals surface area contributed by atoms with E-state index < -0.39 is 28.3 Å². The minimum atomic E-state index is -3.08. The van der Waals surface area contributed by atoms with Crippen LogP contribution in [-0.4, -0.2) is 63.0 Å². The molecule has 1 amide bonds. The number of ether oxygens (including phenoxy) is 2. The Kier molecular flexibility index (Phi) is 6.06. The van der Waals surface area contributed by atoms with Crippen LogP contribution in [0.15, 0.2) is 24.3 Å². The lowest BCUT2D eigenvalue weighted by molar-refractivity contribution is -0.153. The third-order valence-corrected chi connectivity index (χ3v) is 5.68. The minimum absolute atomic E-state index is 0.0527. The second kappa shape index (κ2) is 7.85. The van der Waals surface area contributed by atoms with Crippen LogP contribution in [0.1, 0.15) is 6.42 Å². The van der Waals surface area contributed by atoms with E-state index in [0.29, 0.717) is 17.2 Å². The number of hydrogen-bond acceptors (Lipinski definition) is 6. The van der Waals surface area contributed by atoms with Gasteiger partial charge in [-0.3, -0.25) is 4.79 Å². The molecule has 7 nitrogen and oxygen atoms in total. The van der Waals surface area contributed by atoms with Crippen molar-refractivity contribution in [3.05, 3.63) is 29.3 Å². The van der Waals surface area contributed by atoms with Crippen molar-refractivity contribution in [1.29, 1.82) is 0 Å². The fourth-order valence-electron chi connectivity index (χ4n) is 2.24. The summed E-state index contributed by atoms with van der Waals surface area (Å²) in [5, 5.41) is 0.549. The number of benzene rings is 1. The Balaban J connectivity index is 1.72. The number of esters is 1. The molecule has 1 fully saturated rings. The van der Waals surface area contributed by atoms with E-state index in [1.54, 1.807) is 24.3 Å². The van der Waals surface area contributed by atoms with Crippen LogP contribution in [0, 0.1) is 0 Å². The number of halogens is 1. The number of likely N-dealkylation sites (N-methyl/N-ethyl adjacent to an activating group) is 1. The first kappa shape index (κ1) is 18.5. The van der Waals surface area contributed by atoms with Crippen LogP contribution in [0.3, 0.4) is 0 Å². The first-order chi connectivity index (χ1) is 11.3. The average molecular weight is 376 g/mol. The van der Waals surface area contributed by atoms with Crippen LogP contribution >= 0.6 is 11.6 Å². The van der Waals surface area contributed by atoms with Crippen molar-refractivity contribution in [3.8, 4) is 5.75 Å². The van der Waals surface area contributed by atoms with Crippen molar-refractivity contribution in [2.45, 2.75) is 12.5 Å². The summed E-state index contributed by atoms with van der Waals surface area (Å²) >= 11 is 5.73. The summed E-state index contributed by atoms with van der Waals surface area (Å²) in [6.07, 6.45) is 0.401. The van der Waals surface area contributed by atoms with Gasteiger partial charge in [0.2, 0.25) is 0 Å². The van der Waals surface area contributed by atoms with E-state index in [1.807, 2.05) is 0 Å². The van der Waals surface area contributed by atoms with Gasteiger partial charge in [-0.15, -0.1) is 0 Å². The average Bonchev–Trinajstić information content (AvgIpc) is 2.91. The standard InChI is InChI=1S/C15H18ClNO6S/c1-17(12-6-7-24(20,21)10-12)14(18)8-23-15(19)9-22-13-4-2-11(16)3-5-13/h2-5,12H,6-10H2,1H3/t12-/m1/s1. The van der Waals surface area contributed by atoms with Crippen LogP contribution in [0.5, 0.6) is 5.75 Å². The molecule has 0 saturated carbocycles. The van der Waals surface area contributed by atoms with Crippen molar-refractivity contribution in [1.82, 2.24) is 4.90 Å². The first-order valence-corrected chi connectivity index (χ1v) is 9.47. The van der Waals surface area contributed by atoms with Gasteiger partial charge in [-0.05, 0) is 30.7 Å². The maximum atomic E-state index is 12.0. The highest BCUT2D eigenvalue weighted by Crippen LogP contribution is 2.17. The van der Waals surface area contributed by atoms with E-state index in [4.69, 9.17) is 21.1 Å². The molecular weight excluding hydrogens is 358 g/mol. The summed E-state index contributed by atoms with van der Waals surface area (Å²) in [7, 11) is -1.57. The third-order valence-electron chi connectivity index (χ3n) is 3.68. The highest BCUT2D eigenvalue weighted by Gasteiger charge is 2.32. The zero-order chi connectivity index (χ0) is 17.7. The number of amides is 1. The van der Waals surface area contributed by atoms with Gasteiger partial charge in [0.25, 0.3) is 5.91 Å². The van der Waals surface area contributed by atoms with E-state index in [9.17, 15) is 18.0 Å². The van der Waals surface area contributed by atoms with Gasteiger partial charge >= 0.3 is 5.97 Å². The summed E-state index contributed by atoms with van der Waals surface area (Å²) in [4.78, 5) is 24.9. The SMILES string of the molecule is CN(C(=O)COC(=O)COc1ccc(Cl)cc1)[C@@H]1CCS(=O)(=O)C1. The van der Waals surface area contributed by atoms with Gasteiger partial charge in [0.1, 0.15) is 5.75 Å². The number of sulfone groups is 1. The molecule has 0 radical (unpaired) electrons. The predicted octanol–water partition coefficient (Wildman–Crippen LogP) is 0.907. The second-order valence-corrected chi connectivity index (χ2v) is 8.13. The predicted molar refractivity (Wildman–Crippen MR) is 87.7 cm³/mol. The Hall–Kier alpha value is -1.80. The van der Waals surface area contributed by atoms with Gasteiger partial charge in [-0.1, -0.05) is 11.6 Å². The van der Waals surface area contributed by atoms with E-state index in [2.05, 4.69) is 0 Å². The molecule has 1 heterocycles. The van der Waals surface area contributed by atoms with Crippen molar-refractivity contribution in [2.75, 3.05) is 31.8 Å². The molecule has 1 aromatic carbocycles. The monoisotopic (exact) mass is 375 g/mol. The van der Waals surface area contributed by atoms with Gasteiger partial charge in [-0.25, -0.2) is 13.2 Å². The summed E-state index contributed by atoms with van der Waals surface area (Å²) in [6.45, 7) is -0.785. The molecule has 24 heavy (non-hydrogen) atoms. The Morgan fingerprint density at radius 1 is 1.25 bits per heavy atom. The largest absolute Gasteiger partial charge is 0.482 e. The van der Waals surface area contributed by atoms with Crippen LogP contribution in [0.2, 0.25) is 5.02 Å². The van der Waals surface area contributed by atoms with Gasteiger partial charge in [0.05, 0.1) is 11.5 Å². The molecule has 0 N–H and O–H groups in total. The Morgan fingerprint density at radius 3 is 2.50 bits per heavy atom. The lowest BCUT2D eigenvalue weighted by Crippen LogP contribution is -2.40. The number of carbonyl (C=O) groups is 2. The van der Waals surface area contributed by atoms with Crippen molar-refractivity contribution in [3.63, 3.8) is 0 Å². The van der Waals surface area contributed by atoms with Crippen LogP contribution in [-0.2, 0) is 24.2 Å². The van der Waals surface area contributed by atoms with Gasteiger partial charge in [0, 0.05) is 18.1 Å². The van der Waals surface area contributed by atoms with Crippen molar-refractivity contribution in [2.24, 2.45) is 0 Å². The Labute approximate surface area is 145 Å². The van der Waals surface area contributed by atoms with Gasteiger partial charge in [0.15, 0.2) is 23.1 Å². The maximum Gasteiger partial charge on any atom is 0.344 e.